The summed E-state index contributed by atoms with van der Waals surface area (Å²) in [6.45, 7) is 0.120. The van der Waals surface area contributed by atoms with E-state index in [9.17, 15) is 16.8 Å². The summed E-state index contributed by atoms with van der Waals surface area (Å²) < 4.78 is 51.3. The highest BCUT2D eigenvalue weighted by Crippen LogP contribution is 2.19. The van der Waals surface area contributed by atoms with Crippen LogP contribution >= 0.6 is 0 Å². The zero-order valence-electron chi connectivity index (χ0n) is 11.1. The van der Waals surface area contributed by atoms with Crippen molar-refractivity contribution in [1.82, 2.24) is 14.3 Å². The zero-order chi connectivity index (χ0) is 15.1. The highest BCUT2D eigenvalue weighted by Gasteiger charge is 2.36. The van der Waals surface area contributed by atoms with Gasteiger partial charge in [0.15, 0.2) is 9.84 Å². The normalized spacial score (nSPS) is 21.8. The van der Waals surface area contributed by atoms with Crippen molar-refractivity contribution in [1.29, 1.82) is 0 Å². The smallest absolute Gasteiger partial charge is 0.215 e. The lowest BCUT2D eigenvalue weighted by Gasteiger charge is -2.12. The Morgan fingerprint density at radius 1 is 1.38 bits per heavy atom. The minimum absolute atomic E-state index is 0.0587. The number of fused-ring (bicyclic) bond motifs is 1. The molecule has 1 N–H and O–H groups in total. The van der Waals surface area contributed by atoms with Gasteiger partial charge in [-0.25, -0.2) is 26.1 Å². The number of rotatable bonds is 4. The van der Waals surface area contributed by atoms with Crippen LogP contribution in [0.1, 0.15) is 12.0 Å². The largest absolute Gasteiger partial charge is 0.241 e. The predicted molar refractivity (Wildman–Crippen MR) is 78.0 cm³/mol. The molecule has 0 aromatic carbocycles. The van der Waals surface area contributed by atoms with E-state index in [-0.39, 0.29) is 24.5 Å². The van der Waals surface area contributed by atoms with E-state index >= 15 is 0 Å². The Kier molecular flexibility index (Phi) is 3.50. The summed E-state index contributed by atoms with van der Waals surface area (Å²) in [5.41, 5.74) is 1.61. The number of hydrogen-bond acceptors (Lipinski definition) is 5. The molecule has 0 amide bonds. The van der Waals surface area contributed by atoms with E-state index < -0.39 is 25.1 Å². The molecule has 0 aliphatic carbocycles. The van der Waals surface area contributed by atoms with E-state index in [0.717, 1.165) is 11.1 Å². The molecule has 2 aromatic rings. The van der Waals surface area contributed by atoms with Gasteiger partial charge in [0.1, 0.15) is 0 Å². The first-order chi connectivity index (χ1) is 9.87. The highest BCUT2D eigenvalue weighted by atomic mass is 32.2. The lowest BCUT2D eigenvalue weighted by atomic mass is 10.2. The summed E-state index contributed by atoms with van der Waals surface area (Å²) in [7, 11) is -6.86. The summed E-state index contributed by atoms with van der Waals surface area (Å²) in [6.07, 6.45) is 3.57. The topological polar surface area (TPSA) is 97.6 Å². The Labute approximate surface area is 122 Å². The fourth-order valence-electron chi connectivity index (χ4n) is 2.46. The van der Waals surface area contributed by atoms with E-state index in [1.807, 2.05) is 6.07 Å². The third-order valence-corrected chi connectivity index (χ3v) is 7.42. The number of hydrogen-bond donors (Lipinski definition) is 1. The Morgan fingerprint density at radius 2 is 2.19 bits per heavy atom. The van der Waals surface area contributed by atoms with Crippen LogP contribution < -0.4 is 4.72 Å². The Balaban J connectivity index is 1.77. The monoisotopic (exact) mass is 329 g/mol. The van der Waals surface area contributed by atoms with Crippen LogP contribution in [0.4, 0.5) is 0 Å². The minimum atomic E-state index is -3.64. The van der Waals surface area contributed by atoms with Gasteiger partial charge in [0.25, 0.3) is 0 Å². The summed E-state index contributed by atoms with van der Waals surface area (Å²) in [6, 6.07) is 5.39. The molecule has 21 heavy (non-hydrogen) atoms. The van der Waals surface area contributed by atoms with Crippen LogP contribution in [0.5, 0.6) is 0 Å². The molecule has 1 aliphatic rings. The fourth-order valence-corrected chi connectivity index (χ4v) is 6.52. The van der Waals surface area contributed by atoms with Gasteiger partial charge in [-0.15, -0.1) is 0 Å². The van der Waals surface area contributed by atoms with E-state index in [1.165, 1.54) is 0 Å². The predicted octanol–water partition coefficient (Wildman–Crippen LogP) is -0.0592. The molecule has 7 nitrogen and oxygen atoms in total. The molecule has 0 radical (unpaired) electrons. The summed E-state index contributed by atoms with van der Waals surface area (Å²) >= 11 is 0. The van der Waals surface area contributed by atoms with Gasteiger partial charge in [-0.3, -0.25) is 0 Å². The number of sulfone groups is 1. The summed E-state index contributed by atoms with van der Waals surface area (Å²) in [4.78, 5) is 0. The number of nitrogens with zero attached hydrogens (tertiary/aromatic N) is 2. The quantitative estimate of drug-likeness (QED) is 0.847. The maximum Gasteiger partial charge on any atom is 0.215 e. The van der Waals surface area contributed by atoms with Gasteiger partial charge in [0.2, 0.25) is 10.0 Å². The van der Waals surface area contributed by atoms with Crippen molar-refractivity contribution in [2.45, 2.75) is 18.2 Å². The van der Waals surface area contributed by atoms with Gasteiger partial charge < -0.3 is 0 Å². The van der Waals surface area contributed by atoms with E-state index in [1.54, 1.807) is 29.0 Å². The second kappa shape index (κ2) is 5.08. The second-order valence-electron chi connectivity index (χ2n) is 5.09. The third-order valence-electron chi connectivity index (χ3n) is 3.62. The number of nitrogens with one attached hydrogen (secondary N) is 1. The Hall–Kier alpha value is -1.45. The fraction of sp³-hybridized carbons (Fsp3) is 0.417. The van der Waals surface area contributed by atoms with E-state index in [4.69, 9.17) is 0 Å². The van der Waals surface area contributed by atoms with Crippen molar-refractivity contribution in [3.05, 3.63) is 36.2 Å². The molecule has 114 valence electrons. The first-order valence-corrected chi connectivity index (χ1v) is 9.84. The maximum atomic E-state index is 12.2. The zero-order valence-corrected chi connectivity index (χ0v) is 12.8. The number of aromatic nitrogens is 2. The third kappa shape index (κ3) is 2.94. The summed E-state index contributed by atoms with van der Waals surface area (Å²) in [5, 5.41) is 3.23. The molecule has 9 heteroatoms. The number of pyridine rings is 1. The van der Waals surface area contributed by atoms with Gasteiger partial charge in [0, 0.05) is 18.9 Å². The molecule has 1 fully saturated rings. The van der Waals surface area contributed by atoms with E-state index in [0.29, 0.717) is 0 Å². The molecule has 0 bridgehead atoms. The average Bonchev–Trinajstić information content (AvgIpc) is 3.02. The van der Waals surface area contributed by atoms with Crippen LogP contribution in [-0.4, -0.2) is 43.2 Å². The first kappa shape index (κ1) is 14.5. The Bertz CT molecular complexity index is 871. The van der Waals surface area contributed by atoms with Crippen molar-refractivity contribution in [3.8, 4) is 0 Å². The van der Waals surface area contributed by atoms with Crippen molar-refractivity contribution >= 4 is 25.4 Å². The van der Waals surface area contributed by atoms with Gasteiger partial charge in [-0.1, -0.05) is 6.07 Å². The molecule has 2 aromatic heterocycles. The van der Waals surface area contributed by atoms with Crippen LogP contribution in [-0.2, 0) is 26.4 Å². The highest BCUT2D eigenvalue weighted by molar-refractivity contribution is 7.95. The molecular weight excluding hydrogens is 314 g/mol. The summed E-state index contributed by atoms with van der Waals surface area (Å²) in [5.74, 6) is -0.351. The molecular formula is C12H15N3O4S2. The minimum Gasteiger partial charge on any atom is -0.241 e. The van der Waals surface area contributed by atoms with Crippen molar-refractivity contribution in [2.24, 2.45) is 0 Å². The maximum absolute atomic E-state index is 12.2. The second-order valence-corrected chi connectivity index (χ2v) is 9.36. The lowest BCUT2D eigenvalue weighted by molar-refractivity contribution is 0.568. The van der Waals surface area contributed by atoms with Gasteiger partial charge in [0.05, 0.1) is 22.3 Å². The van der Waals surface area contributed by atoms with Crippen molar-refractivity contribution in [3.63, 3.8) is 0 Å². The van der Waals surface area contributed by atoms with Gasteiger partial charge in [-0.2, -0.15) is 5.10 Å². The van der Waals surface area contributed by atoms with Crippen LogP contribution in [0, 0.1) is 0 Å². The van der Waals surface area contributed by atoms with Crippen LogP contribution in [0.3, 0.4) is 0 Å². The standard InChI is InChI=1S/C12H15N3O4S2/c16-20(17)7-4-11(9-20)21(18,19)14-8-10-2-1-6-15-12(10)3-5-13-15/h1-3,5-6,11,14H,4,7-9H2. The van der Waals surface area contributed by atoms with Crippen LogP contribution in [0.15, 0.2) is 30.6 Å². The van der Waals surface area contributed by atoms with E-state index in [2.05, 4.69) is 9.82 Å². The van der Waals surface area contributed by atoms with Crippen LogP contribution in [0.2, 0.25) is 0 Å². The SMILES string of the molecule is O=S1(=O)CCC(S(=O)(=O)NCc2cccn3nccc23)C1. The Morgan fingerprint density at radius 3 is 2.90 bits per heavy atom. The van der Waals surface area contributed by atoms with Gasteiger partial charge >= 0.3 is 0 Å². The molecule has 1 unspecified atom stereocenters. The average molecular weight is 329 g/mol. The molecule has 3 heterocycles. The first-order valence-electron chi connectivity index (χ1n) is 6.47. The lowest BCUT2D eigenvalue weighted by Crippen LogP contribution is -2.34. The molecule has 1 saturated heterocycles. The molecule has 3 rings (SSSR count). The van der Waals surface area contributed by atoms with Gasteiger partial charge in [-0.05, 0) is 24.1 Å². The number of sulfonamides is 1. The van der Waals surface area contributed by atoms with Crippen LogP contribution in [0.25, 0.3) is 5.52 Å². The molecule has 0 spiro atoms. The molecule has 1 atom stereocenters. The van der Waals surface area contributed by atoms with Crippen molar-refractivity contribution in [2.75, 3.05) is 11.5 Å². The molecule has 0 saturated carbocycles. The van der Waals surface area contributed by atoms with Crippen molar-refractivity contribution < 1.29 is 16.8 Å². The molecule has 1 aliphatic heterocycles.